The van der Waals surface area contributed by atoms with Crippen molar-refractivity contribution in [3.05, 3.63) is 46.2 Å². The molecule has 3 rings (SSSR count). The maximum atomic E-state index is 13.4. The van der Waals surface area contributed by atoms with Crippen LogP contribution < -0.4 is 10.6 Å². The topological polar surface area (TPSA) is 118 Å². The van der Waals surface area contributed by atoms with E-state index in [1.165, 1.54) is 25.3 Å². The molecule has 1 aliphatic heterocycles. The molecule has 1 atom stereocenters. The number of benzene rings is 1. The lowest BCUT2D eigenvalue weighted by atomic mass is 10.1. The molecule has 1 fully saturated rings. The molecule has 0 saturated carbocycles. The number of rotatable bonds is 7. The van der Waals surface area contributed by atoms with Crippen LogP contribution >= 0.6 is 11.3 Å². The molecule has 0 bridgehead atoms. The normalized spacial score (nSPS) is 15.9. The highest BCUT2D eigenvalue weighted by Crippen LogP contribution is 2.30. The largest absolute Gasteiger partial charge is 0.464 e. The van der Waals surface area contributed by atoms with Gasteiger partial charge in [0.05, 0.1) is 20.1 Å². The van der Waals surface area contributed by atoms with Crippen LogP contribution in [0.15, 0.2) is 24.3 Å². The van der Waals surface area contributed by atoms with Gasteiger partial charge in [-0.05, 0) is 23.6 Å². The number of esters is 1. The molecular weight excluding hydrogens is 427 g/mol. The molecule has 164 valence electrons. The molecule has 2 heterocycles. The first-order valence-corrected chi connectivity index (χ1v) is 10.3. The summed E-state index contributed by atoms with van der Waals surface area (Å²) in [6.45, 7) is 3.66. The summed E-state index contributed by atoms with van der Waals surface area (Å²) in [4.78, 5) is 54.8. The number of methoxy groups -OCH3 is 1. The second kappa shape index (κ2) is 9.21. The number of nitrogens with one attached hydrogen (secondary N) is 2. The number of hydrogen-bond donors (Lipinski definition) is 2. The fourth-order valence-electron chi connectivity index (χ4n) is 3.06. The summed E-state index contributed by atoms with van der Waals surface area (Å²) in [5.74, 6) is -2.22. The molecule has 0 spiro atoms. The molecule has 31 heavy (non-hydrogen) atoms. The van der Waals surface area contributed by atoms with Crippen molar-refractivity contribution >= 4 is 40.3 Å². The molecule has 2 aromatic rings. The van der Waals surface area contributed by atoms with Crippen LogP contribution in [-0.2, 0) is 20.9 Å². The third kappa shape index (κ3) is 5.05. The Hall–Kier alpha value is -3.34. The second-order valence-corrected chi connectivity index (χ2v) is 8.22. The summed E-state index contributed by atoms with van der Waals surface area (Å²) >= 11 is 1.14. The van der Waals surface area contributed by atoms with Gasteiger partial charge < -0.3 is 15.4 Å². The van der Waals surface area contributed by atoms with Crippen molar-refractivity contribution in [2.75, 3.05) is 12.4 Å². The Bertz CT molecular complexity index is 1040. The molecule has 0 unspecified atom stereocenters. The smallest absolute Gasteiger partial charge is 0.357 e. The maximum Gasteiger partial charge on any atom is 0.357 e. The number of ether oxygens (including phenoxy) is 1. The molecule has 1 aromatic carbocycles. The Labute approximate surface area is 181 Å². The van der Waals surface area contributed by atoms with Crippen molar-refractivity contribution < 1.29 is 28.3 Å². The Balaban J connectivity index is 1.65. The van der Waals surface area contributed by atoms with Crippen LogP contribution in [0.2, 0.25) is 0 Å². The fraction of sp³-hybridized carbons (Fsp3) is 0.350. The Morgan fingerprint density at radius 1 is 1.35 bits per heavy atom. The quantitative estimate of drug-likeness (QED) is 0.497. The average molecular weight is 448 g/mol. The fourth-order valence-corrected chi connectivity index (χ4v) is 4.03. The van der Waals surface area contributed by atoms with E-state index in [-0.39, 0.29) is 29.7 Å². The summed E-state index contributed by atoms with van der Waals surface area (Å²) < 4.78 is 18.1. The second-order valence-electron chi connectivity index (χ2n) is 7.19. The van der Waals surface area contributed by atoms with Crippen molar-refractivity contribution in [2.24, 2.45) is 0 Å². The minimum Gasteiger partial charge on any atom is -0.464 e. The van der Waals surface area contributed by atoms with E-state index in [4.69, 9.17) is 4.74 Å². The first-order valence-electron chi connectivity index (χ1n) is 9.44. The van der Waals surface area contributed by atoms with Gasteiger partial charge in [0, 0.05) is 4.88 Å². The summed E-state index contributed by atoms with van der Waals surface area (Å²) in [5, 5.41) is 5.22. The Kier molecular flexibility index (Phi) is 6.64. The number of nitrogens with zero attached hydrogens (tertiary/aromatic N) is 2. The van der Waals surface area contributed by atoms with Gasteiger partial charge in [-0.1, -0.05) is 26.0 Å². The average Bonchev–Trinajstić information content (AvgIpc) is 3.24. The summed E-state index contributed by atoms with van der Waals surface area (Å²) in [6, 6.07) is 3.86. The number of halogens is 1. The molecular formula is C20H21FN4O5S. The molecule has 2 N–H and O–H groups in total. The van der Waals surface area contributed by atoms with Crippen molar-refractivity contribution in [3.63, 3.8) is 0 Å². The van der Waals surface area contributed by atoms with Crippen LogP contribution in [0.25, 0.3) is 0 Å². The first-order chi connectivity index (χ1) is 14.7. The number of thiazole rings is 1. The molecule has 9 nitrogen and oxygen atoms in total. The predicted molar refractivity (Wildman–Crippen MR) is 110 cm³/mol. The molecule has 1 aromatic heterocycles. The van der Waals surface area contributed by atoms with Crippen molar-refractivity contribution in [2.45, 2.75) is 38.8 Å². The van der Waals surface area contributed by atoms with Gasteiger partial charge in [-0.3, -0.25) is 14.5 Å². The third-order valence-electron chi connectivity index (χ3n) is 4.53. The minimum absolute atomic E-state index is 0.00988. The number of hydrogen-bond acceptors (Lipinski definition) is 7. The lowest BCUT2D eigenvalue weighted by Gasteiger charge is -2.13. The van der Waals surface area contributed by atoms with Gasteiger partial charge in [0.15, 0.2) is 10.8 Å². The minimum atomic E-state index is -1.05. The SMILES string of the molecule is COC(=O)c1nc(NC(=O)C[C@H]2NC(=O)N(Cc3cccc(F)c3)C2=O)sc1C(C)C. The lowest BCUT2D eigenvalue weighted by molar-refractivity contribution is -0.130. The third-order valence-corrected chi connectivity index (χ3v) is 5.80. The zero-order valence-electron chi connectivity index (χ0n) is 17.1. The highest BCUT2D eigenvalue weighted by Gasteiger charge is 2.39. The van der Waals surface area contributed by atoms with Crippen LogP contribution in [0.3, 0.4) is 0 Å². The Morgan fingerprint density at radius 3 is 2.74 bits per heavy atom. The standard InChI is InChI=1S/C20H21FN4O5S/c1-10(2)16-15(18(28)30-3)24-19(31-16)23-14(26)8-13-17(27)25(20(29)22-13)9-11-5-4-6-12(21)7-11/h4-7,10,13H,8-9H2,1-3H3,(H,22,29)(H,23,24,26)/t13-/m1/s1. The van der Waals surface area contributed by atoms with Gasteiger partial charge in [0.25, 0.3) is 5.91 Å². The van der Waals surface area contributed by atoms with Crippen LogP contribution in [0, 0.1) is 5.82 Å². The Morgan fingerprint density at radius 2 is 2.10 bits per heavy atom. The highest BCUT2D eigenvalue weighted by molar-refractivity contribution is 7.16. The number of urea groups is 1. The number of imide groups is 1. The molecule has 0 radical (unpaired) electrons. The molecule has 4 amide bonds. The van der Waals surface area contributed by atoms with E-state index in [0.717, 1.165) is 16.2 Å². The van der Waals surface area contributed by atoms with Gasteiger partial charge >= 0.3 is 12.0 Å². The van der Waals surface area contributed by atoms with Crippen LogP contribution in [0.5, 0.6) is 0 Å². The molecule has 1 aliphatic rings. The van der Waals surface area contributed by atoms with E-state index in [1.54, 1.807) is 6.07 Å². The molecule has 11 heteroatoms. The number of carbonyl (C=O) groups is 4. The van der Waals surface area contributed by atoms with Gasteiger partial charge in [0.1, 0.15) is 11.9 Å². The van der Waals surface area contributed by atoms with E-state index < -0.39 is 35.7 Å². The zero-order chi connectivity index (χ0) is 22.7. The summed E-state index contributed by atoms with van der Waals surface area (Å²) in [5.41, 5.74) is 0.581. The molecule has 1 saturated heterocycles. The van der Waals surface area contributed by atoms with E-state index in [0.29, 0.717) is 10.4 Å². The van der Waals surface area contributed by atoms with Crippen LogP contribution in [-0.4, -0.2) is 46.9 Å². The van der Waals surface area contributed by atoms with Gasteiger partial charge in [-0.25, -0.2) is 19.0 Å². The van der Waals surface area contributed by atoms with E-state index in [9.17, 15) is 23.6 Å². The monoisotopic (exact) mass is 448 g/mol. The van der Waals surface area contributed by atoms with Gasteiger partial charge in [0.2, 0.25) is 5.91 Å². The van der Waals surface area contributed by atoms with Gasteiger partial charge in [-0.15, -0.1) is 11.3 Å². The predicted octanol–water partition coefficient (Wildman–Crippen LogP) is 2.64. The summed E-state index contributed by atoms with van der Waals surface area (Å²) in [7, 11) is 1.24. The van der Waals surface area contributed by atoms with Crippen molar-refractivity contribution in [1.29, 1.82) is 0 Å². The number of amides is 4. The maximum absolute atomic E-state index is 13.4. The van der Waals surface area contributed by atoms with E-state index >= 15 is 0 Å². The summed E-state index contributed by atoms with van der Waals surface area (Å²) in [6.07, 6.45) is -0.311. The number of carbonyl (C=O) groups excluding carboxylic acids is 4. The first kappa shape index (κ1) is 22.3. The van der Waals surface area contributed by atoms with Gasteiger partial charge in [-0.2, -0.15) is 0 Å². The van der Waals surface area contributed by atoms with E-state index in [1.807, 2.05) is 13.8 Å². The van der Waals surface area contributed by atoms with E-state index in [2.05, 4.69) is 15.6 Å². The highest BCUT2D eigenvalue weighted by atomic mass is 32.1. The zero-order valence-corrected chi connectivity index (χ0v) is 17.9. The van der Waals surface area contributed by atoms with Crippen LogP contribution in [0.1, 0.15) is 47.1 Å². The number of anilines is 1. The van der Waals surface area contributed by atoms with Crippen molar-refractivity contribution in [1.82, 2.24) is 15.2 Å². The lowest BCUT2D eigenvalue weighted by Crippen LogP contribution is -2.34. The number of aromatic nitrogens is 1. The van der Waals surface area contributed by atoms with Crippen molar-refractivity contribution in [3.8, 4) is 0 Å². The molecule has 0 aliphatic carbocycles. The van der Waals surface area contributed by atoms with Crippen LogP contribution in [0.4, 0.5) is 14.3 Å².